The Labute approximate surface area is 135 Å². The van der Waals surface area contributed by atoms with Crippen molar-refractivity contribution in [1.29, 1.82) is 0 Å². The van der Waals surface area contributed by atoms with Gasteiger partial charge < -0.3 is 15.4 Å². The average molecular weight is 312 g/mol. The van der Waals surface area contributed by atoms with Gasteiger partial charge in [0.1, 0.15) is 5.75 Å². The Hall–Kier alpha value is -2.82. The van der Waals surface area contributed by atoms with Gasteiger partial charge in [0.15, 0.2) is 5.78 Å². The third-order valence-electron chi connectivity index (χ3n) is 3.03. The molecule has 0 atom stereocenters. The zero-order valence-corrected chi connectivity index (χ0v) is 13.4. The van der Waals surface area contributed by atoms with E-state index in [0.717, 1.165) is 5.75 Å². The smallest absolute Gasteiger partial charge is 0.323 e. The van der Waals surface area contributed by atoms with Crippen molar-refractivity contribution < 1.29 is 14.3 Å². The van der Waals surface area contributed by atoms with Crippen LogP contribution in [0.4, 0.5) is 16.2 Å². The second-order valence-corrected chi connectivity index (χ2v) is 5.40. The molecule has 2 aromatic rings. The number of amides is 2. The number of nitrogens with one attached hydrogen (secondary N) is 2. The number of ether oxygens (including phenoxy) is 1. The molecule has 0 saturated heterocycles. The van der Waals surface area contributed by atoms with Gasteiger partial charge in [0, 0.05) is 16.9 Å². The molecule has 2 N–H and O–H groups in total. The monoisotopic (exact) mass is 312 g/mol. The van der Waals surface area contributed by atoms with Crippen LogP contribution in [-0.4, -0.2) is 17.9 Å². The van der Waals surface area contributed by atoms with Gasteiger partial charge >= 0.3 is 6.03 Å². The van der Waals surface area contributed by atoms with Crippen LogP contribution in [0.25, 0.3) is 0 Å². The second-order valence-electron chi connectivity index (χ2n) is 5.40. The summed E-state index contributed by atoms with van der Waals surface area (Å²) < 4.78 is 5.54. The quantitative estimate of drug-likeness (QED) is 0.808. The normalized spacial score (nSPS) is 10.3. The molecule has 0 radical (unpaired) electrons. The van der Waals surface area contributed by atoms with Crippen molar-refractivity contribution in [2.45, 2.75) is 26.9 Å². The number of ketones is 1. The van der Waals surface area contributed by atoms with E-state index in [9.17, 15) is 9.59 Å². The second kappa shape index (κ2) is 7.45. The van der Waals surface area contributed by atoms with E-state index in [-0.39, 0.29) is 17.9 Å². The van der Waals surface area contributed by atoms with Crippen molar-refractivity contribution in [3.05, 3.63) is 54.1 Å². The molecule has 120 valence electrons. The van der Waals surface area contributed by atoms with Crippen molar-refractivity contribution >= 4 is 23.2 Å². The number of anilines is 2. The number of hydrogen-bond acceptors (Lipinski definition) is 3. The number of rotatable bonds is 5. The van der Waals surface area contributed by atoms with Crippen LogP contribution in [0.2, 0.25) is 0 Å². The summed E-state index contributed by atoms with van der Waals surface area (Å²) in [6.45, 7) is 5.41. The molecule has 2 amide bonds. The molecule has 0 saturated carbocycles. The molecule has 0 aliphatic rings. The molecular weight excluding hydrogens is 292 g/mol. The van der Waals surface area contributed by atoms with Crippen molar-refractivity contribution in [3.63, 3.8) is 0 Å². The zero-order valence-electron chi connectivity index (χ0n) is 13.4. The topological polar surface area (TPSA) is 67.4 Å². The molecule has 0 aromatic heterocycles. The lowest BCUT2D eigenvalue weighted by Crippen LogP contribution is -2.19. The highest BCUT2D eigenvalue weighted by atomic mass is 16.5. The van der Waals surface area contributed by atoms with Crippen LogP contribution in [0, 0.1) is 0 Å². The molecule has 0 unspecified atom stereocenters. The number of hydrogen-bond donors (Lipinski definition) is 2. The number of carbonyl (C=O) groups is 2. The van der Waals surface area contributed by atoms with E-state index in [2.05, 4.69) is 10.6 Å². The summed E-state index contributed by atoms with van der Waals surface area (Å²) in [6, 6.07) is 13.5. The Morgan fingerprint density at radius 1 is 0.870 bits per heavy atom. The van der Waals surface area contributed by atoms with Crippen LogP contribution >= 0.6 is 0 Å². The van der Waals surface area contributed by atoms with Crippen molar-refractivity contribution in [1.82, 2.24) is 0 Å². The third-order valence-corrected chi connectivity index (χ3v) is 3.03. The Morgan fingerprint density at radius 2 is 1.35 bits per heavy atom. The van der Waals surface area contributed by atoms with E-state index >= 15 is 0 Å². The number of carbonyl (C=O) groups excluding carboxylic acids is 2. The maximum absolute atomic E-state index is 11.9. The molecular formula is C18H20N2O3. The van der Waals surface area contributed by atoms with Crippen LogP contribution < -0.4 is 15.4 Å². The molecule has 5 nitrogen and oxygen atoms in total. The number of benzene rings is 2. The maximum Gasteiger partial charge on any atom is 0.323 e. The Bertz CT molecular complexity index is 676. The van der Waals surface area contributed by atoms with E-state index in [1.807, 2.05) is 13.8 Å². The van der Waals surface area contributed by atoms with E-state index in [4.69, 9.17) is 4.74 Å². The number of Topliss-reactive ketones (excluding diaryl/α,β-unsaturated/α-hetero) is 1. The van der Waals surface area contributed by atoms with Crippen LogP contribution in [0.15, 0.2) is 48.5 Å². The number of urea groups is 1. The molecule has 0 bridgehead atoms. The van der Waals surface area contributed by atoms with E-state index in [0.29, 0.717) is 16.9 Å². The lowest BCUT2D eigenvalue weighted by atomic mass is 10.1. The predicted molar refractivity (Wildman–Crippen MR) is 91.3 cm³/mol. The molecule has 0 aliphatic heterocycles. The molecule has 0 aliphatic carbocycles. The van der Waals surface area contributed by atoms with Crippen molar-refractivity contribution in [2.75, 3.05) is 10.6 Å². The summed E-state index contributed by atoms with van der Waals surface area (Å²) in [4.78, 5) is 23.1. The van der Waals surface area contributed by atoms with Gasteiger partial charge in [0.25, 0.3) is 0 Å². The Balaban J connectivity index is 1.92. The molecule has 0 fully saturated rings. The fraction of sp³-hybridized carbons (Fsp3) is 0.222. The summed E-state index contributed by atoms with van der Waals surface area (Å²) in [6.07, 6.45) is 0.107. The van der Waals surface area contributed by atoms with Crippen molar-refractivity contribution in [2.24, 2.45) is 0 Å². The average Bonchev–Trinajstić information content (AvgIpc) is 2.49. The Morgan fingerprint density at radius 3 is 1.78 bits per heavy atom. The first kappa shape index (κ1) is 16.5. The van der Waals surface area contributed by atoms with Gasteiger partial charge in [-0.3, -0.25) is 4.79 Å². The summed E-state index contributed by atoms with van der Waals surface area (Å²) in [5.41, 5.74) is 1.89. The minimum atomic E-state index is -0.349. The van der Waals surface area contributed by atoms with E-state index < -0.39 is 0 Å². The highest BCUT2D eigenvalue weighted by Gasteiger charge is 2.05. The summed E-state index contributed by atoms with van der Waals surface area (Å²) in [5, 5.41) is 5.45. The van der Waals surface area contributed by atoms with Gasteiger partial charge in [-0.05, 0) is 69.3 Å². The first-order valence-electron chi connectivity index (χ1n) is 7.40. The minimum Gasteiger partial charge on any atom is -0.491 e. The summed E-state index contributed by atoms with van der Waals surface area (Å²) >= 11 is 0. The third kappa shape index (κ3) is 5.14. The van der Waals surface area contributed by atoms with Gasteiger partial charge in [-0.2, -0.15) is 0 Å². The van der Waals surface area contributed by atoms with Crippen LogP contribution in [0.1, 0.15) is 31.1 Å². The lowest BCUT2D eigenvalue weighted by molar-refractivity contribution is 0.101. The molecule has 0 heterocycles. The molecule has 5 heteroatoms. The largest absolute Gasteiger partial charge is 0.491 e. The van der Waals surface area contributed by atoms with Crippen LogP contribution in [-0.2, 0) is 0 Å². The van der Waals surface area contributed by atoms with Gasteiger partial charge in [-0.15, -0.1) is 0 Å². The van der Waals surface area contributed by atoms with Gasteiger partial charge in [-0.25, -0.2) is 4.79 Å². The van der Waals surface area contributed by atoms with Crippen molar-refractivity contribution in [3.8, 4) is 5.75 Å². The summed E-state index contributed by atoms with van der Waals surface area (Å²) in [7, 11) is 0. The molecule has 23 heavy (non-hydrogen) atoms. The Kier molecular flexibility index (Phi) is 5.36. The first-order chi connectivity index (χ1) is 10.9. The van der Waals surface area contributed by atoms with Gasteiger partial charge in [-0.1, -0.05) is 0 Å². The molecule has 2 rings (SSSR count). The van der Waals surface area contributed by atoms with E-state index in [1.165, 1.54) is 6.92 Å². The fourth-order valence-corrected chi connectivity index (χ4v) is 1.97. The maximum atomic E-state index is 11.9. The SMILES string of the molecule is CC(=O)c1ccc(NC(=O)Nc2ccc(OC(C)C)cc2)cc1. The first-order valence-corrected chi connectivity index (χ1v) is 7.40. The van der Waals surface area contributed by atoms with Gasteiger partial charge in [0.2, 0.25) is 0 Å². The van der Waals surface area contributed by atoms with E-state index in [1.54, 1.807) is 48.5 Å². The summed E-state index contributed by atoms with van der Waals surface area (Å²) in [5.74, 6) is 0.746. The predicted octanol–water partition coefficient (Wildman–Crippen LogP) is 4.32. The highest BCUT2D eigenvalue weighted by Crippen LogP contribution is 2.17. The van der Waals surface area contributed by atoms with Crippen LogP contribution in [0.5, 0.6) is 5.75 Å². The molecule has 2 aromatic carbocycles. The lowest BCUT2D eigenvalue weighted by Gasteiger charge is -2.11. The minimum absolute atomic E-state index is 0.00953. The fourth-order valence-electron chi connectivity index (χ4n) is 1.97. The van der Waals surface area contributed by atoms with Crippen LogP contribution in [0.3, 0.4) is 0 Å². The molecule has 0 spiro atoms. The standard InChI is InChI=1S/C18H20N2O3/c1-12(2)23-17-10-8-16(9-11-17)20-18(22)19-15-6-4-14(5-7-15)13(3)21/h4-12H,1-3H3,(H2,19,20,22). The van der Waals surface area contributed by atoms with Gasteiger partial charge in [0.05, 0.1) is 6.10 Å². The zero-order chi connectivity index (χ0) is 16.8. The highest BCUT2D eigenvalue weighted by molar-refractivity contribution is 6.00.